The van der Waals surface area contributed by atoms with Gasteiger partial charge in [-0.1, -0.05) is 13.8 Å². The van der Waals surface area contributed by atoms with Gasteiger partial charge in [-0.3, -0.25) is 4.79 Å². The first-order valence-corrected chi connectivity index (χ1v) is 6.07. The lowest BCUT2D eigenvalue weighted by molar-refractivity contribution is 0.0740. The largest absolute Gasteiger partial charge is 0.316 e. The molecule has 0 radical (unpaired) electrons. The zero-order valence-electron chi connectivity index (χ0n) is 10.3. The molecule has 92 valence electrons. The van der Waals surface area contributed by atoms with E-state index in [0.717, 1.165) is 19.5 Å². The Hall–Kier alpha value is -1.22. The van der Waals surface area contributed by atoms with Gasteiger partial charge >= 0.3 is 0 Å². The van der Waals surface area contributed by atoms with Gasteiger partial charge in [0.25, 0.3) is 0 Å². The molecule has 1 saturated heterocycles. The van der Waals surface area contributed by atoms with Crippen molar-refractivity contribution < 1.29 is 9.18 Å². The van der Waals surface area contributed by atoms with E-state index in [4.69, 9.17) is 0 Å². The second kappa shape index (κ2) is 4.57. The first kappa shape index (κ1) is 12.2. The molecule has 1 aliphatic heterocycles. The Balaban J connectivity index is 2.31. The fraction of sp³-hybridized carbons (Fsp3) is 0.500. The Morgan fingerprint density at radius 1 is 1.35 bits per heavy atom. The van der Waals surface area contributed by atoms with Crippen molar-refractivity contribution in [3.05, 3.63) is 35.6 Å². The van der Waals surface area contributed by atoms with Crippen LogP contribution in [-0.4, -0.2) is 18.9 Å². The minimum atomic E-state index is -0.322. The van der Waals surface area contributed by atoms with Crippen molar-refractivity contribution in [3.63, 3.8) is 0 Å². The van der Waals surface area contributed by atoms with Crippen LogP contribution in [-0.2, 0) is 0 Å². The van der Waals surface area contributed by atoms with Crippen LogP contribution in [0.3, 0.4) is 0 Å². The summed E-state index contributed by atoms with van der Waals surface area (Å²) in [5.41, 5.74) is 0.293. The maximum absolute atomic E-state index is 12.9. The molecule has 0 bridgehead atoms. The molecule has 2 rings (SSSR count). The number of halogens is 1. The zero-order valence-corrected chi connectivity index (χ0v) is 10.3. The van der Waals surface area contributed by atoms with Gasteiger partial charge in [-0.05, 0) is 43.1 Å². The number of ketones is 1. The molecule has 1 heterocycles. The molecule has 3 heteroatoms. The molecule has 0 saturated carbocycles. The van der Waals surface area contributed by atoms with Crippen molar-refractivity contribution in [2.75, 3.05) is 13.1 Å². The Kier molecular flexibility index (Phi) is 3.29. The Morgan fingerprint density at radius 3 is 2.47 bits per heavy atom. The summed E-state index contributed by atoms with van der Waals surface area (Å²) in [6.45, 7) is 5.76. The molecule has 0 amide bonds. The minimum Gasteiger partial charge on any atom is -0.316 e. The molecule has 1 aliphatic rings. The summed E-state index contributed by atoms with van der Waals surface area (Å²) < 4.78 is 12.9. The first-order chi connectivity index (χ1) is 8.06. The summed E-state index contributed by atoms with van der Waals surface area (Å²) in [5, 5.41) is 3.26. The first-order valence-electron chi connectivity index (χ1n) is 6.07. The zero-order chi connectivity index (χ0) is 12.5. The van der Waals surface area contributed by atoms with Gasteiger partial charge in [0, 0.05) is 17.5 Å². The fourth-order valence-electron chi connectivity index (χ4n) is 2.55. The van der Waals surface area contributed by atoms with Gasteiger partial charge in [0.1, 0.15) is 5.82 Å². The Bertz CT molecular complexity index is 405. The van der Waals surface area contributed by atoms with Crippen molar-refractivity contribution in [2.45, 2.75) is 20.3 Å². The summed E-state index contributed by atoms with van der Waals surface area (Å²) >= 11 is 0. The van der Waals surface area contributed by atoms with Crippen molar-refractivity contribution >= 4 is 5.78 Å². The van der Waals surface area contributed by atoms with Gasteiger partial charge in [-0.15, -0.1) is 0 Å². The molecule has 0 spiro atoms. The van der Waals surface area contributed by atoms with E-state index in [1.54, 1.807) is 12.1 Å². The minimum absolute atomic E-state index is 0.137. The van der Waals surface area contributed by atoms with E-state index in [9.17, 15) is 9.18 Å². The summed E-state index contributed by atoms with van der Waals surface area (Å²) in [7, 11) is 0. The molecule has 0 aromatic heterocycles. The van der Waals surface area contributed by atoms with Crippen LogP contribution in [0.1, 0.15) is 30.6 Å². The molecule has 17 heavy (non-hydrogen) atoms. The van der Waals surface area contributed by atoms with Gasteiger partial charge in [0.15, 0.2) is 5.78 Å². The lowest BCUT2D eigenvalue weighted by Crippen LogP contribution is -2.38. The Labute approximate surface area is 101 Å². The van der Waals surface area contributed by atoms with Gasteiger partial charge < -0.3 is 5.32 Å². The van der Waals surface area contributed by atoms with E-state index in [2.05, 4.69) is 19.2 Å². The SMILES string of the molecule is CC(C)C1(C(=O)c2ccc(F)cc2)CCNC1. The van der Waals surface area contributed by atoms with Crippen LogP contribution in [0.4, 0.5) is 4.39 Å². The average Bonchev–Trinajstić information content (AvgIpc) is 2.79. The maximum Gasteiger partial charge on any atom is 0.170 e. The van der Waals surface area contributed by atoms with Gasteiger partial charge in [-0.25, -0.2) is 4.39 Å². The van der Waals surface area contributed by atoms with E-state index in [-0.39, 0.29) is 22.9 Å². The number of hydrogen-bond donors (Lipinski definition) is 1. The summed E-state index contributed by atoms with van der Waals surface area (Å²) in [6, 6.07) is 5.87. The van der Waals surface area contributed by atoms with Crippen LogP contribution in [0.2, 0.25) is 0 Å². The van der Waals surface area contributed by atoms with Crippen molar-refractivity contribution in [2.24, 2.45) is 11.3 Å². The highest BCUT2D eigenvalue weighted by molar-refractivity contribution is 6.01. The second-order valence-corrected chi connectivity index (χ2v) is 5.07. The molecule has 1 aromatic carbocycles. The van der Waals surface area contributed by atoms with Crippen LogP contribution in [0, 0.1) is 17.2 Å². The van der Waals surface area contributed by atoms with E-state index in [1.807, 2.05) is 0 Å². The fourth-order valence-corrected chi connectivity index (χ4v) is 2.55. The normalized spacial score (nSPS) is 24.2. The second-order valence-electron chi connectivity index (χ2n) is 5.07. The molecular formula is C14H18FNO. The summed E-state index contributed by atoms with van der Waals surface area (Å²) in [6.07, 6.45) is 0.862. The van der Waals surface area contributed by atoms with E-state index in [1.165, 1.54) is 12.1 Å². The van der Waals surface area contributed by atoms with Gasteiger partial charge in [0.05, 0.1) is 0 Å². The number of benzene rings is 1. The number of Topliss-reactive ketones (excluding diaryl/α,β-unsaturated/α-hetero) is 1. The molecule has 0 aliphatic carbocycles. The number of rotatable bonds is 3. The van der Waals surface area contributed by atoms with E-state index >= 15 is 0 Å². The molecule has 1 N–H and O–H groups in total. The van der Waals surface area contributed by atoms with Crippen LogP contribution >= 0.6 is 0 Å². The lowest BCUT2D eigenvalue weighted by atomic mass is 9.71. The molecule has 1 aromatic rings. The van der Waals surface area contributed by atoms with E-state index < -0.39 is 0 Å². The standard InChI is InChI=1S/C14H18FNO/c1-10(2)14(7-8-16-9-14)13(17)11-3-5-12(15)6-4-11/h3-6,10,16H,7-9H2,1-2H3. The average molecular weight is 235 g/mol. The highest BCUT2D eigenvalue weighted by Crippen LogP contribution is 2.37. The monoisotopic (exact) mass is 235 g/mol. The number of carbonyl (C=O) groups is 1. The number of nitrogens with one attached hydrogen (secondary N) is 1. The van der Waals surface area contributed by atoms with Crippen LogP contribution in [0.25, 0.3) is 0 Å². The third kappa shape index (κ3) is 2.12. The number of carbonyl (C=O) groups excluding carboxylic acids is 1. The molecule has 1 fully saturated rings. The molecule has 1 unspecified atom stereocenters. The topological polar surface area (TPSA) is 29.1 Å². The highest BCUT2D eigenvalue weighted by Gasteiger charge is 2.43. The van der Waals surface area contributed by atoms with Gasteiger partial charge in [0.2, 0.25) is 0 Å². The maximum atomic E-state index is 12.9. The molecular weight excluding hydrogens is 217 g/mol. The smallest absolute Gasteiger partial charge is 0.170 e. The third-order valence-corrected chi connectivity index (χ3v) is 3.85. The molecule has 1 atom stereocenters. The van der Waals surface area contributed by atoms with Crippen LogP contribution in [0.15, 0.2) is 24.3 Å². The van der Waals surface area contributed by atoms with Crippen LogP contribution in [0.5, 0.6) is 0 Å². The summed E-state index contributed by atoms with van der Waals surface area (Å²) in [4.78, 5) is 12.6. The lowest BCUT2D eigenvalue weighted by Gasteiger charge is -2.31. The van der Waals surface area contributed by atoms with Crippen molar-refractivity contribution in [3.8, 4) is 0 Å². The van der Waals surface area contributed by atoms with Crippen molar-refractivity contribution in [1.29, 1.82) is 0 Å². The van der Waals surface area contributed by atoms with Gasteiger partial charge in [-0.2, -0.15) is 0 Å². The number of hydrogen-bond acceptors (Lipinski definition) is 2. The third-order valence-electron chi connectivity index (χ3n) is 3.85. The predicted molar refractivity (Wildman–Crippen MR) is 65.5 cm³/mol. The predicted octanol–water partition coefficient (Wildman–Crippen LogP) is 2.64. The molecule has 2 nitrogen and oxygen atoms in total. The Morgan fingerprint density at radius 2 is 2.00 bits per heavy atom. The quantitative estimate of drug-likeness (QED) is 0.816. The highest BCUT2D eigenvalue weighted by atomic mass is 19.1. The van der Waals surface area contributed by atoms with Crippen LogP contribution < -0.4 is 5.32 Å². The van der Waals surface area contributed by atoms with Crippen molar-refractivity contribution in [1.82, 2.24) is 5.32 Å². The summed E-state index contributed by atoms with van der Waals surface area (Å²) in [5.74, 6) is 0.122. The van der Waals surface area contributed by atoms with E-state index in [0.29, 0.717) is 5.56 Å².